The van der Waals surface area contributed by atoms with E-state index in [0.29, 0.717) is 11.3 Å². The highest BCUT2D eigenvalue weighted by Crippen LogP contribution is 2.37. The second kappa shape index (κ2) is 5.90. The Kier molecular flexibility index (Phi) is 4.22. The minimum absolute atomic E-state index is 0.0604. The summed E-state index contributed by atoms with van der Waals surface area (Å²) in [6.45, 7) is 0. The maximum atomic E-state index is 11.0. The number of nitro benzene ring substituents is 1. The lowest BCUT2D eigenvalue weighted by Crippen LogP contribution is -1.97. The van der Waals surface area contributed by atoms with Gasteiger partial charge in [-0.3, -0.25) is 14.9 Å². The maximum Gasteiger partial charge on any atom is 0.312 e. The van der Waals surface area contributed by atoms with Gasteiger partial charge in [0, 0.05) is 11.1 Å². The molecule has 0 aliphatic heterocycles. The summed E-state index contributed by atoms with van der Waals surface area (Å²) in [6, 6.07) is 8.49. The number of rotatable bonds is 4. The second-order valence-corrected chi connectivity index (χ2v) is 4.59. The van der Waals surface area contributed by atoms with Gasteiger partial charge in [-0.05, 0) is 24.3 Å². The minimum atomic E-state index is -0.633. The first-order valence-electron chi connectivity index (χ1n) is 5.38. The number of para-hydroxylation sites is 1. The van der Waals surface area contributed by atoms with Crippen molar-refractivity contribution in [2.24, 2.45) is 0 Å². The first kappa shape index (κ1) is 14.3. The quantitative estimate of drug-likeness (QED) is 0.473. The van der Waals surface area contributed by atoms with Crippen LogP contribution in [0, 0.1) is 10.1 Å². The molecule has 0 atom stereocenters. The van der Waals surface area contributed by atoms with Crippen LogP contribution in [0.2, 0.25) is 10.0 Å². The molecule has 0 radical (unpaired) electrons. The molecule has 20 heavy (non-hydrogen) atoms. The fraction of sp³-hybridized carbons (Fsp3) is 0. The summed E-state index contributed by atoms with van der Waals surface area (Å²) < 4.78 is 5.42. The standard InChI is InChI=1S/C13H7Cl2NO4/c14-9-4-5-12(10(15)6-9)20-13-8(7-17)2-1-3-11(13)16(18)19/h1-7H. The fourth-order valence-corrected chi connectivity index (χ4v) is 2.00. The van der Waals surface area contributed by atoms with E-state index in [1.54, 1.807) is 0 Å². The molecule has 0 N–H and O–H groups in total. The van der Waals surface area contributed by atoms with Crippen molar-refractivity contribution in [3.8, 4) is 11.5 Å². The average molecular weight is 312 g/mol. The van der Waals surface area contributed by atoms with Gasteiger partial charge in [0.1, 0.15) is 5.75 Å². The van der Waals surface area contributed by atoms with Crippen LogP contribution in [-0.2, 0) is 0 Å². The number of halogens is 2. The van der Waals surface area contributed by atoms with Gasteiger partial charge >= 0.3 is 5.69 Å². The molecule has 0 bridgehead atoms. The predicted molar refractivity (Wildman–Crippen MR) is 75.0 cm³/mol. The molecule has 2 rings (SSSR count). The van der Waals surface area contributed by atoms with Gasteiger partial charge in [-0.25, -0.2) is 0 Å². The fourth-order valence-electron chi connectivity index (χ4n) is 1.56. The van der Waals surface area contributed by atoms with Crippen molar-refractivity contribution in [2.45, 2.75) is 0 Å². The molecule has 0 amide bonds. The van der Waals surface area contributed by atoms with Gasteiger partial charge in [-0.15, -0.1) is 0 Å². The lowest BCUT2D eigenvalue weighted by molar-refractivity contribution is -0.385. The van der Waals surface area contributed by atoms with Crippen molar-refractivity contribution in [3.63, 3.8) is 0 Å². The van der Waals surface area contributed by atoms with Gasteiger partial charge < -0.3 is 4.74 Å². The molecule has 2 aromatic carbocycles. The van der Waals surface area contributed by atoms with Gasteiger partial charge in [0.05, 0.1) is 15.5 Å². The molecule has 0 unspecified atom stereocenters. The second-order valence-electron chi connectivity index (χ2n) is 3.75. The van der Waals surface area contributed by atoms with Crippen LogP contribution in [0.3, 0.4) is 0 Å². The van der Waals surface area contributed by atoms with E-state index < -0.39 is 4.92 Å². The Morgan fingerprint density at radius 3 is 2.55 bits per heavy atom. The van der Waals surface area contributed by atoms with Crippen LogP contribution in [-0.4, -0.2) is 11.2 Å². The minimum Gasteiger partial charge on any atom is -0.448 e. The van der Waals surface area contributed by atoms with E-state index >= 15 is 0 Å². The number of carbonyl (C=O) groups is 1. The summed E-state index contributed by atoms with van der Waals surface area (Å²) in [4.78, 5) is 21.3. The lowest BCUT2D eigenvalue weighted by atomic mass is 10.2. The number of nitro groups is 1. The number of ether oxygens (including phenoxy) is 1. The Labute approximate surface area is 123 Å². The molecule has 5 nitrogen and oxygen atoms in total. The SMILES string of the molecule is O=Cc1cccc([N+](=O)[O-])c1Oc1ccc(Cl)cc1Cl. The number of hydrogen-bond donors (Lipinski definition) is 0. The number of benzene rings is 2. The van der Waals surface area contributed by atoms with Gasteiger partial charge in [0.25, 0.3) is 0 Å². The highest BCUT2D eigenvalue weighted by Gasteiger charge is 2.20. The number of aldehydes is 1. The maximum absolute atomic E-state index is 11.0. The molecule has 0 spiro atoms. The van der Waals surface area contributed by atoms with E-state index in [2.05, 4.69) is 0 Å². The zero-order valence-corrected chi connectivity index (χ0v) is 11.4. The van der Waals surface area contributed by atoms with Crippen molar-refractivity contribution >= 4 is 35.2 Å². The van der Waals surface area contributed by atoms with E-state index in [-0.39, 0.29) is 27.8 Å². The average Bonchev–Trinajstić information content (AvgIpc) is 2.41. The van der Waals surface area contributed by atoms with Crippen LogP contribution >= 0.6 is 23.2 Å². The molecule has 102 valence electrons. The summed E-state index contributed by atoms with van der Waals surface area (Å²) in [5.74, 6) is 0.0187. The van der Waals surface area contributed by atoms with E-state index in [1.165, 1.54) is 36.4 Å². The lowest BCUT2D eigenvalue weighted by Gasteiger charge is -2.09. The van der Waals surface area contributed by atoms with Crippen LogP contribution < -0.4 is 4.74 Å². The Hall–Kier alpha value is -2.11. The largest absolute Gasteiger partial charge is 0.448 e. The molecular formula is C13H7Cl2NO4. The van der Waals surface area contributed by atoms with Gasteiger partial charge in [0.2, 0.25) is 5.75 Å². The van der Waals surface area contributed by atoms with Crippen LogP contribution in [0.15, 0.2) is 36.4 Å². The zero-order chi connectivity index (χ0) is 14.7. The number of carbonyl (C=O) groups excluding carboxylic acids is 1. The van der Waals surface area contributed by atoms with Crippen molar-refractivity contribution in [3.05, 3.63) is 62.1 Å². The third kappa shape index (κ3) is 2.89. The molecule has 7 heteroatoms. The smallest absolute Gasteiger partial charge is 0.312 e. The third-order valence-corrected chi connectivity index (χ3v) is 2.98. The molecule has 0 aliphatic carbocycles. The van der Waals surface area contributed by atoms with E-state index in [9.17, 15) is 14.9 Å². The predicted octanol–water partition coefficient (Wildman–Crippen LogP) is 4.51. The number of hydrogen-bond acceptors (Lipinski definition) is 4. The van der Waals surface area contributed by atoms with Crippen LogP contribution in [0.4, 0.5) is 5.69 Å². The van der Waals surface area contributed by atoms with E-state index in [0.717, 1.165) is 0 Å². The first-order chi connectivity index (χ1) is 9.52. The molecule has 0 aromatic heterocycles. The van der Waals surface area contributed by atoms with Crippen molar-refractivity contribution in [1.29, 1.82) is 0 Å². The van der Waals surface area contributed by atoms with Gasteiger partial charge in [-0.2, -0.15) is 0 Å². The number of nitrogens with zero attached hydrogens (tertiary/aromatic N) is 1. The Balaban J connectivity index is 2.51. The van der Waals surface area contributed by atoms with Crippen LogP contribution in [0.5, 0.6) is 11.5 Å². The zero-order valence-electron chi connectivity index (χ0n) is 9.88. The van der Waals surface area contributed by atoms with Gasteiger partial charge in [-0.1, -0.05) is 29.3 Å². The molecule has 0 saturated heterocycles. The van der Waals surface area contributed by atoms with Crippen LogP contribution in [0.25, 0.3) is 0 Å². The van der Waals surface area contributed by atoms with E-state index in [1.807, 2.05) is 0 Å². The first-order valence-corrected chi connectivity index (χ1v) is 6.14. The van der Waals surface area contributed by atoms with Crippen molar-refractivity contribution in [1.82, 2.24) is 0 Å². The summed E-state index contributed by atoms with van der Waals surface area (Å²) in [7, 11) is 0. The molecule has 0 heterocycles. The molecular weight excluding hydrogens is 305 g/mol. The monoisotopic (exact) mass is 311 g/mol. The Morgan fingerprint density at radius 1 is 1.20 bits per heavy atom. The molecule has 2 aromatic rings. The van der Waals surface area contributed by atoms with Crippen LogP contribution in [0.1, 0.15) is 10.4 Å². The molecule has 0 saturated carbocycles. The van der Waals surface area contributed by atoms with Gasteiger partial charge in [0.15, 0.2) is 6.29 Å². The summed E-state index contributed by atoms with van der Waals surface area (Å²) in [5.41, 5.74) is -0.258. The van der Waals surface area contributed by atoms with Crippen molar-refractivity contribution in [2.75, 3.05) is 0 Å². The van der Waals surface area contributed by atoms with Crippen molar-refractivity contribution < 1.29 is 14.5 Å². The highest BCUT2D eigenvalue weighted by molar-refractivity contribution is 6.35. The molecule has 0 fully saturated rings. The normalized spacial score (nSPS) is 10.1. The third-order valence-electron chi connectivity index (χ3n) is 2.45. The summed E-state index contributed by atoms with van der Waals surface area (Å²) >= 11 is 11.7. The molecule has 0 aliphatic rings. The summed E-state index contributed by atoms with van der Waals surface area (Å²) in [6.07, 6.45) is 0.478. The highest BCUT2D eigenvalue weighted by atomic mass is 35.5. The topological polar surface area (TPSA) is 69.4 Å². The summed E-state index contributed by atoms with van der Waals surface area (Å²) in [5, 5.41) is 11.6. The Morgan fingerprint density at radius 2 is 1.95 bits per heavy atom. The van der Waals surface area contributed by atoms with E-state index in [4.69, 9.17) is 27.9 Å². The Bertz CT molecular complexity index is 688.